The number of thioether (sulfide) groups is 1. The first-order chi connectivity index (χ1) is 7.27. The number of amides is 1. The fraction of sp³-hybridized carbons (Fsp3) is 0.333. The van der Waals surface area contributed by atoms with Crippen molar-refractivity contribution in [1.29, 1.82) is 0 Å². The molecule has 1 rings (SSSR count). The van der Waals surface area contributed by atoms with E-state index in [1.165, 1.54) is 0 Å². The van der Waals surface area contributed by atoms with Crippen LogP contribution in [0.2, 0.25) is 0 Å². The minimum absolute atomic E-state index is 0.179. The summed E-state index contributed by atoms with van der Waals surface area (Å²) in [7, 11) is 0. The highest BCUT2D eigenvalue weighted by atomic mass is 32.2. The molecule has 15 heavy (non-hydrogen) atoms. The predicted molar refractivity (Wildman–Crippen MR) is 62.8 cm³/mol. The van der Waals surface area contributed by atoms with Crippen molar-refractivity contribution in [3.63, 3.8) is 0 Å². The third-order valence-corrected chi connectivity index (χ3v) is 2.36. The third-order valence-electron chi connectivity index (χ3n) is 1.75. The van der Waals surface area contributed by atoms with Gasteiger partial charge in [0.15, 0.2) is 0 Å². The summed E-state index contributed by atoms with van der Waals surface area (Å²) < 4.78 is 0. The second-order valence-corrected chi connectivity index (χ2v) is 3.81. The summed E-state index contributed by atoms with van der Waals surface area (Å²) >= 11 is 1.68. The fourth-order valence-corrected chi connectivity index (χ4v) is 1.31. The summed E-state index contributed by atoms with van der Waals surface area (Å²) in [4.78, 5) is 15.5. The summed E-state index contributed by atoms with van der Waals surface area (Å²) in [6.07, 6.45) is 3.53. The molecule has 0 saturated heterocycles. The summed E-state index contributed by atoms with van der Waals surface area (Å²) in [6, 6.07) is 3.30. The Morgan fingerprint density at radius 3 is 3.13 bits per heavy atom. The number of pyridine rings is 1. The molecule has 5 nitrogen and oxygen atoms in total. The molecule has 1 aromatic rings. The van der Waals surface area contributed by atoms with E-state index in [4.69, 9.17) is 5.84 Å². The van der Waals surface area contributed by atoms with Crippen molar-refractivity contribution < 1.29 is 4.79 Å². The topological polar surface area (TPSA) is 80.0 Å². The van der Waals surface area contributed by atoms with Gasteiger partial charge in [-0.1, -0.05) is 0 Å². The van der Waals surface area contributed by atoms with Crippen molar-refractivity contribution in [3.8, 4) is 0 Å². The molecule has 0 unspecified atom stereocenters. The molecular weight excluding hydrogens is 212 g/mol. The molecule has 1 aromatic heterocycles. The van der Waals surface area contributed by atoms with Crippen LogP contribution in [0.5, 0.6) is 0 Å². The Morgan fingerprint density at radius 1 is 1.67 bits per heavy atom. The van der Waals surface area contributed by atoms with Crippen LogP contribution in [-0.2, 0) is 0 Å². The van der Waals surface area contributed by atoms with E-state index < -0.39 is 0 Å². The molecule has 0 radical (unpaired) electrons. The number of carbonyl (C=O) groups is 1. The Balaban J connectivity index is 2.57. The number of nitrogens with two attached hydrogens (primary N) is 1. The smallest absolute Gasteiger partial charge is 0.269 e. The van der Waals surface area contributed by atoms with Crippen molar-refractivity contribution >= 4 is 23.4 Å². The molecular formula is C9H14N4OS. The first kappa shape index (κ1) is 11.8. The lowest BCUT2D eigenvalue weighted by molar-refractivity contribution is 0.0951. The van der Waals surface area contributed by atoms with Crippen LogP contribution in [0.1, 0.15) is 10.5 Å². The van der Waals surface area contributed by atoms with E-state index in [-0.39, 0.29) is 5.91 Å². The first-order valence-electron chi connectivity index (χ1n) is 4.47. The van der Waals surface area contributed by atoms with Gasteiger partial charge in [-0.25, -0.2) is 0 Å². The molecule has 0 bridgehead atoms. The van der Waals surface area contributed by atoms with Crippen LogP contribution in [0.3, 0.4) is 0 Å². The molecule has 0 aliphatic heterocycles. The normalized spacial score (nSPS) is 9.73. The number of carbonyl (C=O) groups excluding carboxylic acids is 1. The molecule has 6 heteroatoms. The van der Waals surface area contributed by atoms with Gasteiger partial charge in [-0.15, -0.1) is 0 Å². The number of aromatic nitrogens is 1. The maximum atomic E-state index is 11.5. The Hall–Kier alpha value is -1.27. The Morgan fingerprint density at radius 2 is 2.47 bits per heavy atom. The molecule has 1 heterocycles. The largest absolute Gasteiger partial charge is 0.350 e. The van der Waals surface area contributed by atoms with Crippen LogP contribution in [0.25, 0.3) is 0 Å². The van der Waals surface area contributed by atoms with Gasteiger partial charge in [-0.2, -0.15) is 11.8 Å². The number of nitrogens with zero attached hydrogens (tertiary/aromatic N) is 1. The SMILES string of the molecule is CSCCNC(=O)c1cc(NN)ccn1. The highest BCUT2D eigenvalue weighted by Gasteiger charge is 2.06. The minimum Gasteiger partial charge on any atom is -0.350 e. The van der Waals surface area contributed by atoms with Crippen LogP contribution in [-0.4, -0.2) is 29.4 Å². The third kappa shape index (κ3) is 3.77. The van der Waals surface area contributed by atoms with Crippen molar-refractivity contribution in [2.24, 2.45) is 5.84 Å². The standard InChI is InChI=1S/C9H14N4OS/c1-15-5-4-12-9(14)8-6-7(13-10)2-3-11-8/h2-3,6H,4-5,10H2,1H3,(H,11,13)(H,12,14). The quantitative estimate of drug-likeness (QED) is 0.386. The van der Waals surface area contributed by atoms with Gasteiger partial charge in [-0.05, 0) is 18.4 Å². The Bertz CT molecular complexity index is 332. The number of rotatable bonds is 5. The van der Waals surface area contributed by atoms with Gasteiger partial charge in [0.05, 0.1) is 5.69 Å². The van der Waals surface area contributed by atoms with Crippen LogP contribution < -0.4 is 16.6 Å². The van der Waals surface area contributed by atoms with E-state index >= 15 is 0 Å². The van der Waals surface area contributed by atoms with Crippen molar-refractivity contribution in [3.05, 3.63) is 24.0 Å². The zero-order valence-corrected chi connectivity index (χ0v) is 9.30. The highest BCUT2D eigenvalue weighted by Crippen LogP contribution is 2.05. The van der Waals surface area contributed by atoms with Gasteiger partial charge in [-0.3, -0.25) is 15.6 Å². The lowest BCUT2D eigenvalue weighted by atomic mass is 10.3. The summed E-state index contributed by atoms with van der Waals surface area (Å²) in [5.74, 6) is 5.94. The second kappa shape index (κ2) is 6.26. The zero-order valence-electron chi connectivity index (χ0n) is 8.49. The summed E-state index contributed by atoms with van der Waals surface area (Å²) in [5.41, 5.74) is 3.50. The Labute approximate surface area is 92.8 Å². The van der Waals surface area contributed by atoms with Crippen LogP contribution in [0.4, 0.5) is 5.69 Å². The van der Waals surface area contributed by atoms with Crippen molar-refractivity contribution in [2.75, 3.05) is 24.0 Å². The average molecular weight is 226 g/mol. The minimum atomic E-state index is -0.179. The number of hydrazine groups is 1. The maximum absolute atomic E-state index is 11.5. The number of hydrogen-bond acceptors (Lipinski definition) is 5. The van der Waals surface area contributed by atoms with E-state index in [1.807, 2.05) is 6.26 Å². The van der Waals surface area contributed by atoms with E-state index in [1.54, 1.807) is 30.1 Å². The van der Waals surface area contributed by atoms with Crippen LogP contribution in [0, 0.1) is 0 Å². The molecule has 4 N–H and O–H groups in total. The van der Waals surface area contributed by atoms with E-state index in [9.17, 15) is 4.79 Å². The van der Waals surface area contributed by atoms with E-state index in [0.717, 1.165) is 5.75 Å². The lowest BCUT2D eigenvalue weighted by Gasteiger charge is -2.04. The molecule has 0 spiro atoms. The molecule has 0 fully saturated rings. The number of nitrogen functional groups attached to an aromatic ring is 1. The zero-order chi connectivity index (χ0) is 11.1. The van der Waals surface area contributed by atoms with E-state index in [2.05, 4.69) is 15.7 Å². The van der Waals surface area contributed by atoms with Crippen LogP contribution in [0.15, 0.2) is 18.3 Å². The lowest BCUT2D eigenvalue weighted by Crippen LogP contribution is -2.26. The average Bonchev–Trinajstić information content (AvgIpc) is 2.29. The fourth-order valence-electron chi connectivity index (χ4n) is 1.00. The van der Waals surface area contributed by atoms with Gasteiger partial charge in [0, 0.05) is 18.5 Å². The second-order valence-electron chi connectivity index (χ2n) is 2.82. The predicted octanol–water partition coefficient (Wildman–Crippen LogP) is 0.460. The summed E-state index contributed by atoms with van der Waals surface area (Å²) in [6.45, 7) is 0.641. The molecule has 0 saturated carbocycles. The van der Waals surface area contributed by atoms with Gasteiger partial charge < -0.3 is 10.7 Å². The molecule has 82 valence electrons. The van der Waals surface area contributed by atoms with Gasteiger partial charge in [0.25, 0.3) is 5.91 Å². The highest BCUT2D eigenvalue weighted by molar-refractivity contribution is 7.98. The number of anilines is 1. The molecule has 0 aliphatic carbocycles. The molecule has 1 amide bonds. The Kier molecular flexibility index (Phi) is 4.92. The van der Waals surface area contributed by atoms with Gasteiger partial charge in [0.1, 0.15) is 5.69 Å². The van der Waals surface area contributed by atoms with Gasteiger partial charge >= 0.3 is 0 Å². The van der Waals surface area contributed by atoms with E-state index in [0.29, 0.717) is 17.9 Å². The number of hydrogen-bond donors (Lipinski definition) is 3. The summed E-state index contributed by atoms with van der Waals surface area (Å²) in [5, 5.41) is 2.76. The van der Waals surface area contributed by atoms with Crippen LogP contribution >= 0.6 is 11.8 Å². The van der Waals surface area contributed by atoms with Crippen molar-refractivity contribution in [1.82, 2.24) is 10.3 Å². The monoisotopic (exact) mass is 226 g/mol. The first-order valence-corrected chi connectivity index (χ1v) is 5.87. The maximum Gasteiger partial charge on any atom is 0.269 e. The molecule has 0 atom stereocenters. The molecule has 0 aliphatic rings. The molecule has 0 aromatic carbocycles. The van der Waals surface area contributed by atoms with Crippen molar-refractivity contribution in [2.45, 2.75) is 0 Å². The van der Waals surface area contributed by atoms with Gasteiger partial charge in [0.2, 0.25) is 0 Å². The number of nitrogens with one attached hydrogen (secondary N) is 2.